The zero-order valence-electron chi connectivity index (χ0n) is 18.4. The number of benzene rings is 3. The van der Waals surface area contributed by atoms with E-state index in [1.807, 2.05) is 6.20 Å². The highest BCUT2D eigenvalue weighted by Crippen LogP contribution is 2.42. The van der Waals surface area contributed by atoms with E-state index in [0.717, 1.165) is 11.6 Å². The highest BCUT2D eigenvalue weighted by Gasteiger charge is 2.24. The molecule has 3 aromatic carbocycles. The third kappa shape index (κ3) is 3.41. The number of aryl methyl sites for hydroxylation is 2. The Hall–Kier alpha value is -2.67. The van der Waals surface area contributed by atoms with E-state index in [9.17, 15) is 0 Å². The molecule has 1 aliphatic carbocycles. The van der Waals surface area contributed by atoms with E-state index in [4.69, 9.17) is 4.98 Å². The summed E-state index contributed by atoms with van der Waals surface area (Å²) in [7, 11) is 0. The molecule has 1 heteroatoms. The van der Waals surface area contributed by atoms with Gasteiger partial charge in [0, 0.05) is 17.1 Å². The number of hydrogen-bond donors (Lipinski definition) is 0. The summed E-state index contributed by atoms with van der Waals surface area (Å²) in [6.07, 6.45) is 8.92. The van der Waals surface area contributed by atoms with E-state index < -0.39 is 0 Å². The van der Waals surface area contributed by atoms with Crippen LogP contribution in [0.5, 0.6) is 0 Å². The van der Waals surface area contributed by atoms with Crippen LogP contribution in [-0.4, -0.2) is 4.98 Å². The van der Waals surface area contributed by atoms with Crippen molar-refractivity contribution < 1.29 is 0 Å². The number of hydrogen-bond acceptors (Lipinski definition) is 1. The Morgan fingerprint density at radius 3 is 2.27 bits per heavy atom. The van der Waals surface area contributed by atoms with Crippen molar-refractivity contribution in [3.05, 3.63) is 77.5 Å². The van der Waals surface area contributed by atoms with E-state index in [0.29, 0.717) is 5.92 Å². The Kier molecular flexibility index (Phi) is 5.06. The molecule has 0 spiro atoms. The number of pyridine rings is 1. The first-order valence-corrected chi connectivity index (χ1v) is 11.5. The molecule has 0 N–H and O–H groups in total. The third-order valence-corrected chi connectivity index (χ3v) is 7.14. The van der Waals surface area contributed by atoms with Gasteiger partial charge in [-0.3, -0.25) is 4.98 Å². The number of nitrogens with zero attached hydrogens (tertiary/aromatic N) is 1. The monoisotopic (exact) mass is 393 g/mol. The Balaban J connectivity index is 1.76. The van der Waals surface area contributed by atoms with Gasteiger partial charge in [0.05, 0.1) is 5.69 Å². The van der Waals surface area contributed by atoms with E-state index in [1.54, 1.807) is 0 Å². The molecule has 1 aromatic heterocycles. The van der Waals surface area contributed by atoms with Crippen molar-refractivity contribution in [1.29, 1.82) is 0 Å². The minimum atomic E-state index is 0.595. The van der Waals surface area contributed by atoms with Crippen LogP contribution >= 0.6 is 0 Å². The van der Waals surface area contributed by atoms with Gasteiger partial charge >= 0.3 is 0 Å². The fraction of sp³-hybridized carbons (Fsp3) is 0.345. The molecule has 5 rings (SSSR count). The van der Waals surface area contributed by atoms with Crippen LogP contribution in [0.25, 0.3) is 32.8 Å². The van der Waals surface area contributed by atoms with Crippen LogP contribution in [0.2, 0.25) is 0 Å². The molecule has 1 aliphatic rings. The van der Waals surface area contributed by atoms with Gasteiger partial charge in [-0.2, -0.15) is 0 Å². The van der Waals surface area contributed by atoms with E-state index >= 15 is 0 Å². The average Bonchev–Trinajstić information content (AvgIpc) is 2.77. The molecule has 1 saturated carbocycles. The summed E-state index contributed by atoms with van der Waals surface area (Å²) in [5, 5.41) is 5.35. The summed E-state index contributed by atoms with van der Waals surface area (Å²) < 4.78 is 0. The fourth-order valence-electron chi connectivity index (χ4n) is 5.67. The summed E-state index contributed by atoms with van der Waals surface area (Å²) >= 11 is 0. The van der Waals surface area contributed by atoms with Crippen molar-refractivity contribution in [3.8, 4) is 11.3 Å². The Labute approximate surface area is 180 Å². The van der Waals surface area contributed by atoms with E-state index in [-0.39, 0.29) is 0 Å². The minimum Gasteiger partial charge on any atom is -0.256 e. The van der Waals surface area contributed by atoms with Gasteiger partial charge in [-0.25, -0.2) is 0 Å². The lowest BCUT2D eigenvalue weighted by molar-refractivity contribution is 0.317. The maximum Gasteiger partial charge on any atom is 0.0786 e. The SMILES string of the molecule is Cc1cc(C)cc(-c2nccc3cc(C(C)C4CCCCC4)c4ccccc4c23)c1. The maximum atomic E-state index is 4.87. The molecular weight excluding hydrogens is 362 g/mol. The van der Waals surface area contributed by atoms with Crippen LogP contribution in [-0.2, 0) is 0 Å². The minimum absolute atomic E-state index is 0.595. The van der Waals surface area contributed by atoms with Gasteiger partial charge in [-0.1, -0.05) is 73.7 Å². The number of aromatic nitrogens is 1. The molecule has 4 aromatic rings. The number of rotatable bonds is 3. The summed E-state index contributed by atoms with van der Waals surface area (Å²) in [6.45, 7) is 6.79. The second-order valence-electron chi connectivity index (χ2n) is 9.33. The standard InChI is InChI=1S/C29H31N/c1-19-15-20(2)17-24(16-19)29-28-23(13-14-30-29)18-27(25-11-7-8-12-26(25)28)21(3)22-9-5-4-6-10-22/h7-8,11-18,21-22H,4-6,9-10H2,1-3H3. The second-order valence-corrected chi connectivity index (χ2v) is 9.33. The summed E-state index contributed by atoms with van der Waals surface area (Å²) in [4.78, 5) is 4.87. The molecule has 0 radical (unpaired) electrons. The Morgan fingerprint density at radius 1 is 0.833 bits per heavy atom. The highest BCUT2D eigenvalue weighted by molar-refractivity contribution is 6.14. The zero-order chi connectivity index (χ0) is 20.7. The van der Waals surface area contributed by atoms with Gasteiger partial charge in [0.2, 0.25) is 0 Å². The molecule has 1 unspecified atom stereocenters. The third-order valence-electron chi connectivity index (χ3n) is 7.14. The molecule has 152 valence electrons. The van der Waals surface area contributed by atoms with Crippen LogP contribution in [0, 0.1) is 19.8 Å². The predicted octanol–water partition coefficient (Wildman–Crippen LogP) is 8.36. The van der Waals surface area contributed by atoms with Gasteiger partial charge < -0.3 is 0 Å². The maximum absolute atomic E-state index is 4.87. The first kappa shape index (κ1) is 19.3. The molecule has 0 saturated heterocycles. The fourth-order valence-corrected chi connectivity index (χ4v) is 5.67. The van der Waals surface area contributed by atoms with Gasteiger partial charge in [-0.15, -0.1) is 0 Å². The second kappa shape index (κ2) is 7.87. The van der Waals surface area contributed by atoms with Crippen LogP contribution in [0.4, 0.5) is 0 Å². The zero-order valence-corrected chi connectivity index (χ0v) is 18.4. The molecule has 1 heterocycles. The van der Waals surface area contributed by atoms with E-state index in [2.05, 4.69) is 75.4 Å². The predicted molar refractivity (Wildman–Crippen MR) is 129 cm³/mol. The molecule has 1 nitrogen and oxygen atoms in total. The van der Waals surface area contributed by atoms with Crippen molar-refractivity contribution in [2.24, 2.45) is 5.92 Å². The molecule has 1 atom stereocenters. The highest BCUT2D eigenvalue weighted by atomic mass is 14.7. The van der Waals surface area contributed by atoms with Gasteiger partial charge in [-0.05, 0) is 78.4 Å². The molecular formula is C29H31N. The summed E-state index contributed by atoms with van der Waals surface area (Å²) in [5.74, 6) is 1.40. The largest absolute Gasteiger partial charge is 0.256 e. The van der Waals surface area contributed by atoms with Crippen molar-refractivity contribution in [2.45, 2.75) is 58.8 Å². The first-order chi connectivity index (χ1) is 14.6. The van der Waals surface area contributed by atoms with Crippen molar-refractivity contribution in [3.63, 3.8) is 0 Å². The lowest BCUT2D eigenvalue weighted by atomic mass is 9.76. The first-order valence-electron chi connectivity index (χ1n) is 11.5. The quantitative estimate of drug-likeness (QED) is 0.319. The average molecular weight is 394 g/mol. The van der Waals surface area contributed by atoms with Crippen LogP contribution in [0.15, 0.2) is 60.8 Å². The van der Waals surface area contributed by atoms with Gasteiger partial charge in [0.15, 0.2) is 0 Å². The molecule has 0 bridgehead atoms. The smallest absolute Gasteiger partial charge is 0.0786 e. The lowest BCUT2D eigenvalue weighted by Crippen LogP contribution is -2.14. The molecule has 30 heavy (non-hydrogen) atoms. The normalized spacial score (nSPS) is 16.2. The Bertz CT molecular complexity index is 1190. The number of fused-ring (bicyclic) bond motifs is 3. The van der Waals surface area contributed by atoms with Crippen molar-refractivity contribution >= 4 is 21.5 Å². The van der Waals surface area contributed by atoms with Gasteiger partial charge in [0.25, 0.3) is 0 Å². The van der Waals surface area contributed by atoms with Gasteiger partial charge in [0.1, 0.15) is 0 Å². The summed E-state index contributed by atoms with van der Waals surface area (Å²) in [6, 6.07) is 20.4. The van der Waals surface area contributed by atoms with Crippen LogP contribution in [0.1, 0.15) is 61.6 Å². The molecule has 1 fully saturated rings. The topological polar surface area (TPSA) is 12.9 Å². The van der Waals surface area contributed by atoms with Crippen LogP contribution in [0.3, 0.4) is 0 Å². The Morgan fingerprint density at radius 2 is 1.53 bits per heavy atom. The van der Waals surface area contributed by atoms with Crippen LogP contribution < -0.4 is 0 Å². The van der Waals surface area contributed by atoms with Crippen molar-refractivity contribution in [1.82, 2.24) is 4.98 Å². The summed E-state index contributed by atoms with van der Waals surface area (Å²) in [5.41, 5.74) is 6.41. The van der Waals surface area contributed by atoms with Crippen molar-refractivity contribution in [2.75, 3.05) is 0 Å². The van der Waals surface area contributed by atoms with E-state index in [1.165, 1.54) is 75.9 Å². The lowest BCUT2D eigenvalue weighted by Gasteiger charge is -2.29. The molecule has 0 aliphatic heterocycles. The molecule has 0 amide bonds.